The first-order chi connectivity index (χ1) is 6.08. The Labute approximate surface area is 74.6 Å². The number of aromatic amines is 1. The summed E-state index contributed by atoms with van der Waals surface area (Å²) in [5.41, 5.74) is -0.285. The number of aromatic nitrogens is 2. The van der Waals surface area contributed by atoms with Crippen molar-refractivity contribution in [3.63, 3.8) is 0 Å². The first-order valence-corrected chi connectivity index (χ1v) is 5.46. The second kappa shape index (κ2) is 2.59. The Kier molecular flexibility index (Phi) is 1.66. The minimum Gasteiger partial charge on any atom is -0.313 e. The monoisotopic (exact) mass is 200 g/mol. The zero-order valence-corrected chi connectivity index (χ0v) is 7.49. The summed E-state index contributed by atoms with van der Waals surface area (Å²) in [4.78, 5) is 13.5. The molecule has 1 aliphatic heterocycles. The van der Waals surface area contributed by atoms with Crippen molar-refractivity contribution in [1.82, 2.24) is 9.55 Å². The standard InChI is InChI=1S/C7H8N2O3S/c10-7-8-2-3-9(7)6-1-4-13(11,12)5-6/h1-4,6H,5H2,(H,8,10). The van der Waals surface area contributed by atoms with Gasteiger partial charge in [0.25, 0.3) is 0 Å². The van der Waals surface area contributed by atoms with E-state index < -0.39 is 9.84 Å². The van der Waals surface area contributed by atoms with Gasteiger partial charge >= 0.3 is 5.69 Å². The van der Waals surface area contributed by atoms with Gasteiger partial charge in [0.15, 0.2) is 9.84 Å². The summed E-state index contributed by atoms with van der Waals surface area (Å²) in [6, 6.07) is -0.358. The summed E-state index contributed by atoms with van der Waals surface area (Å²) < 4.78 is 23.4. The number of allylic oxidation sites excluding steroid dienone is 1. The summed E-state index contributed by atoms with van der Waals surface area (Å²) in [6.07, 6.45) is 4.55. The molecule has 0 aromatic carbocycles. The average Bonchev–Trinajstić information content (AvgIpc) is 2.56. The lowest BCUT2D eigenvalue weighted by molar-refractivity contribution is 0.588. The van der Waals surface area contributed by atoms with E-state index in [-0.39, 0.29) is 17.5 Å². The van der Waals surface area contributed by atoms with Crippen LogP contribution in [-0.4, -0.2) is 23.7 Å². The van der Waals surface area contributed by atoms with Gasteiger partial charge < -0.3 is 4.98 Å². The first kappa shape index (κ1) is 8.31. The van der Waals surface area contributed by atoms with E-state index in [1.54, 1.807) is 0 Å². The van der Waals surface area contributed by atoms with Gasteiger partial charge in [-0.1, -0.05) is 0 Å². The second-order valence-electron chi connectivity index (χ2n) is 2.90. The van der Waals surface area contributed by atoms with E-state index in [1.165, 1.54) is 23.0 Å². The highest BCUT2D eigenvalue weighted by molar-refractivity contribution is 7.94. The summed E-state index contributed by atoms with van der Waals surface area (Å²) in [5.74, 6) is -0.0231. The molecule has 1 aromatic heterocycles. The Morgan fingerprint density at radius 1 is 1.54 bits per heavy atom. The zero-order valence-electron chi connectivity index (χ0n) is 6.67. The molecule has 0 saturated heterocycles. The fraction of sp³-hybridized carbons (Fsp3) is 0.286. The molecule has 0 bridgehead atoms. The van der Waals surface area contributed by atoms with E-state index in [9.17, 15) is 13.2 Å². The molecular formula is C7H8N2O3S. The van der Waals surface area contributed by atoms with Crippen LogP contribution >= 0.6 is 0 Å². The van der Waals surface area contributed by atoms with Crippen molar-refractivity contribution >= 4 is 9.84 Å². The molecule has 0 radical (unpaired) electrons. The number of imidazole rings is 1. The van der Waals surface area contributed by atoms with E-state index >= 15 is 0 Å². The van der Waals surface area contributed by atoms with Crippen molar-refractivity contribution in [2.75, 3.05) is 5.75 Å². The van der Waals surface area contributed by atoms with Crippen LogP contribution in [0.4, 0.5) is 0 Å². The predicted molar refractivity (Wildman–Crippen MR) is 47.0 cm³/mol. The molecule has 70 valence electrons. The van der Waals surface area contributed by atoms with Crippen LogP contribution in [0.3, 0.4) is 0 Å². The molecule has 1 N–H and O–H groups in total. The number of nitrogens with one attached hydrogen (secondary N) is 1. The topological polar surface area (TPSA) is 71.9 Å². The lowest BCUT2D eigenvalue weighted by Gasteiger charge is -2.05. The van der Waals surface area contributed by atoms with Gasteiger partial charge in [-0.2, -0.15) is 0 Å². The van der Waals surface area contributed by atoms with Crippen LogP contribution in [0, 0.1) is 0 Å². The molecule has 2 heterocycles. The molecule has 0 aliphatic carbocycles. The maximum absolute atomic E-state index is 11.1. The van der Waals surface area contributed by atoms with Crippen LogP contribution in [0.1, 0.15) is 6.04 Å². The third-order valence-electron chi connectivity index (χ3n) is 1.94. The maximum atomic E-state index is 11.1. The molecule has 1 aliphatic rings. The summed E-state index contributed by atoms with van der Waals surface area (Å²) in [5, 5.41) is 1.15. The van der Waals surface area contributed by atoms with Gasteiger partial charge in [-0.05, 0) is 6.08 Å². The molecule has 0 saturated carbocycles. The summed E-state index contributed by atoms with van der Waals surface area (Å²) >= 11 is 0. The molecule has 5 nitrogen and oxygen atoms in total. The lowest BCUT2D eigenvalue weighted by Crippen LogP contribution is -2.22. The third-order valence-corrected chi connectivity index (χ3v) is 3.32. The Morgan fingerprint density at radius 3 is 2.77 bits per heavy atom. The third kappa shape index (κ3) is 1.44. The van der Waals surface area contributed by atoms with E-state index in [0.29, 0.717) is 0 Å². The zero-order chi connectivity index (χ0) is 9.47. The number of H-pyrrole nitrogens is 1. The molecule has 13 heavy (non-hydrogen) atoms. The SMILES string of the molecule is O=c1[nH]ccn1C1C=CS(=O)(=O)C1. The minimum absolute atomic E-state index is 0.0231. The van der Waals surface area contributed by atoms with E-state index in [2.05, 4.69) is 4.98 Å². The van der Waals surface area contributed by atoms with Crippen LogP contribution in [0.5, 0.6) is 0 Å². The maximum Gasteiger partial charge on any atom is 0.326 e. The van der Waals surface area contributed by atoms with Gasteiger partial charge in [-0.3, -0.25) is 4.57 Å². The van der Waals surface area contributed by atoms with Crippen LogP contribution in [0.15, 0.2) is 28.7 Å². The van der Waals surface area contributed by atoms with Gasteiger partial charge in [-0.15, -0.1) is 0 Å². The largest absolute Gasteiger partial charge is 0.326 e. The molecule has 0 fully saturated rings. The number of sulfone groups is 1. The number of hydrogen-bond donors (Lipinski definition) is 1. The molecule has 0 amide bonds. The highest BCUT2D eigenvalue weighted by Crippen LogP contribution is 2.17. The minimum atomic E-state index is -3.09. The molecule has 1 atom stereocenters. The van der Waals surface area contributed by atoms with Crippen molar-refractivity contribution < 1.29 is 8.42 Å². The molecule has 1 unspecified atom stereocenters. The van der Waals surface area contributed by atoms with E-state index in [1.807, 2.05) is 0 Å². The Bertz CT molecular complexity index is 494. The Morgan fingerprint density at radius 2 is 2.31 bits per heavy atom. The normalized spacial score (nSPS) is 25.1. The van der Waals surface area contributed by atoms with Crippen molar-refractivity contribution in [2.24, 2.45) is 0 Å². The lowest BCUT2D eigenvalue weighted by atomic mass is 10.3. The van der Waals surface area contributed by atoms with Crippen LogP contribution < -0.4 is 5.69 Å². The van der Waals surface area contributed by atoms with Crippen LogP contribution in [-0.2, 0) is 9.84 Å². The highest BCUT2D eigenvalue weighted by atomic mass is 32.2. The van der Waals surface area contributed by atoms with Crippen molar-refractivity contribution in [2.45, 2.75) is 6.04 Å². The quantitative estimate of drug-likeness (QED) is 0.674. The second-order valence-corrected chi connectivity index (χ2v) is 4.83. The fourth-order valence-electron chi connectivity index (χ4n) is 1.32. The van der Waals surface area contributed by atoms with Crippen molar-refractivity contribution in [3.8, 4) is 0 Å². The smallest absolute Gasteiger partial charge is 0.313 e. The van der Waals surface area contributed by atoms with Crippen molar-refractivity contribution in [1.29, 1.82) is 0 Å². The predicted octanol–water partition coefficient (Wildman–Crippen LogP) is -0.340. The highest BCUT2D eigenvalue weighted by Gasteiger charge is 2.23. The van der Waals surface area contributed by atoms with Gasteiger partial charge in [-0.25, -0.2) is 13.2 Å². The van der Waals surface area contributed by atoms with Gasteiger partial charge in [0.1, 0.15) is 0 Å². The average molecular weight is 200 g/mol. The van der Waals surface area contributed by atoms with Gasteiger partial charge in [0.2, 0.25) is 0 Å². The van der Waals surface area contributed by atoms with Crippen LogP contribution in [0.25, 0.3) is 0 Å². The summed E-state index contributed by atoms with van der Waals surface area (Å²) in [6.45, 7) is 0. The Balaban J connectivity index is 2.39. The van der Waals surface area contributed by atoms with E-state index in [0.717, 1.165) is 5.41 Å². The molecule has 2 rings (SSSR count). The molecule has 6 heteroatoms. The van der Waals surface area contributed by atoms with Gasteiger partial charge in [0.05, 0.1) is 11.8 Å². The van der Waals surface area contributed by atoms with Gasteiger partial charge in [0, 0.05) is 17.8 Å². The summed E-state index contributed by atoms with van der Waals surface area (Å²) in [7, 11) is -3.09. The number of nitrogens with zero attached hydrogens (tertiary/aromatic N) is 1. The Hall–Kier alpha value is -1.30. The first-order valence-electron chi connectivity index (χ1n) is 3.75. The number of hydrogen-bond acceptors (Lipinski definition) is 3. The van der Waals surface area contributed by atoms with Crippen LogP contribution in [0.2, 0.25) is 0 Å². The molecule has 0 spiro atoms. The number of rotatable bonds is 1. The molecule has 1 aromatic rings. The van der Waals surface area contributed by atoms with E-state index in [4.69, 9.17) is 0 Å². The molecular weight excluding hydrogens is 192 g/mol. The van der Waals surface area contributed by atoms with Crippen molar-refractivity contribution in [3.05, 3.63) is 34.4 Å². The fourth-order valence-corrected chi connectivity index (χ4v) is 2.60.